The fourth-order valence-corrected chi connectivity index (χ4v) is 16.2. The Balaban J connectivity index is 0.000000150. The minimum absolute atomic E-state index is 0.152. The van der Waals surface area contributed by atoms with Gasteiger partial charge in [-0.3, -0.25) is 14.7 Å². The van der Waals surface area contributed by atoms with Crippen molar-refractivity contribution in [1.82, 2.24) is 54.6 Å². The SMILES string of the molecule is N#Cc1cnc(Cl)s1.N#Cc1cnc(Nc2cc(N3CCN(C4CCS(=O)(=O)C4)CC3)ncn2)s1.Nc1cc(Cl)ncn1.Nc1cc(N2CCN(C3CCS(=O)(=O)C3)CC2)ncn1.O=S1(=O)CCC(N2CCCCC2)C1. The third-order valence-corrected chi connectivity index (χ3v) is 20.6. The number of thiazole rings is 2. The monoisotopic (exact) mass is 1180 g/mol. The van der Waals surface area contributed by atoms with Gasteiger partial charge in [0, 0.05) is 88.7 Å². The molecule has 0 radical (unpaired) electrons. The van der Waals surface area contributed by atoms with Crippen LogP contribution in [0.1, 0.15) is 48.3 Å². The zero-order valence-corrected chi connectivity index (χ0v) is 47.1. The Labute approximate surface area is 461 Å². The lowest BCUT2D eigenvalue weighted by Crippen LogP contribution is -2.51. The Bertz CT molecular complexity index is 3110. The van der Waals surface area contributed by atoms with Crippen molar-refractivity contribution in [3.63, 3.8) is 0 Å². The first-order valence-electron chi connectivity index (χ1n) is 24.4. The van der Waals surface area contributed by atoms with E-state index >= 15 is 0 Å². The molecule has 5 aromatic rings. The molecule has 0 spiro atoms. The molecule has 3 atom stereocenters. The highest BCUT2D eigenvalue weighted by Crippen LogP contribution is 2.26. The topological polar surface area (TPSA) is 333 Å². The van der Waals surface area contributed by atoms with E-state index in [0.717, 1.165) is 96.3 Å². The summed E-state index contributed by atoms with van der Waals surface area (Å²) in [6.07, 6.45) is 13.5. The number of nitrogens with two attached hydrogens (primary N) is 2. The molecule has 5 aromatic heterocycles. The Morgan fingerprint density at radius 2 is 0.987 bits per heavy atom. The van der Waals surface area contributed by atoms with Crippen LogP contribution in [-0.2, 0) is 29.5 Å². The van der Waals surface area contributed by atoms with Gasteiger partial charge in [-0.25, -0.2) is 65.1 Å². The number of piperidine rings is 1. The number of aromatic nitrogens is 8. The van der Waals surface area contributed by atoms with Crippen molar-refractivity contribution in [1.29, 1.82) is 10.5 Å². The van der Waals surface area contributed by atoms with E-state index in [9.17, 15) is 25.3 Å². The van der Waals surface area contributed by atoms with Crippen molar-refractivity contribution in [3.05, 3.63) is 68.9 Å². The predicted octanol–water partition coefficient (Wildman–Crippen LogP) is 3.27. The third-order valence-electron chi connectivity index (χ3n) is 13.3. The van der Waals surface area contributed by atoms with Crippen LogP contribution in [0.25, 0.3) is 0 Å². The lowest BCUT2D eigenvalue weighted by molar-refractivity contribution is 0.177. The molecule has 6 aliphatic rings. The number of sulfone groups is 3. The van der Waals surface area contributed by atoms with Gasteiger partial charge in [0.25, 0.3) is 0 Å². The van der Waals surface area contributed by atoms with E-state index in [1.165, 1.54) is 79.4 Å². The summed E-state index contributed by atoms with van der Waals surface area (Å²) in [6.45, 7) is 8.87. The summed E-state index contributed by atoms with van der Waals surface area (Å²) in [5.41, 5.74) is 10.9. The third kappa shape index (κ3) is 18.2. The molecule has 6 aliphatic heterocycles. The number of likely N-dealkylation sites (tertiary alicyclic amines) is 1. The summed E-state index contributed by atoms with van der Waals surface area (Å²) in [5.74, 6) is 5.22. The molecule has 0 saturated carbocycles. The maximum atomic E-state index is 11.7. The molecule has 76 heavy (non-hydrogen) atoms. The first-order valence-corrected chi connectivity index (χ1v) is 32.3. The maximum absolute atomic E-state index is 11.7. The second-order valence-corrected chi connectivity index (χ2v) is 28.2. The summed E-state index contributed by atoms with van der Waals surface area (Å²) in [6, 6.07) is 9.79. The molecule has 5 N–H and O–H groups in total. The van der Waals surface area contributed by atoms with E-state index in [0.29, 0.717) is 76.8 Å². The standard InChI is InChI=1S/C16H19N7O2S2.C12H19N5O2S.C9H17NO2S.C4H4ClN3.C4HClN2S/c17-8-13-9-18-16(26-13)21-14-7-15(20-11-19-14)23-4-2-22(3-5-23)12-1-6-27(24,25)10-12;13-11-7-12(15-9-14-11)17-4-2-16(3-5-17)10-1-6-20(18,19)8-10;11-13(12)7-4-9(8-13)10-5-2-1-3-6-10;5-3-1-4(6)8-2-7-3;5-4-7-2-3(1-6)8-4/h7,9,11-12H,1-6,10H2,(H,18,19,20,21);7,9-10H,1-6,8H2,(H2,13,14,15);9H,1-8H2;1-2H,(H2,6,7,8);2H. The van der Waals surface area contributed by atoms with Crippen molar-refractivity contribution in [2.24, 2.45) is 0 Å². The van der Waals surface area contributed by atoms with E-state index in [2.05, 4.69) is 75.8 Å². The average molecular weight is 1180 g/mol. The summed E-state index contributed by atoms with van der Waals surface area (Å²) in [7, 11) is -8.35. The average Bonchev–Trinajstić information content (AvgIpc) is 4.27. The first kappa shape index (κ1) is 58.5. The lowest BCUT2D eigenvalue weighted by atomic mass is 10.1. The van der Waals surface area contributed by atoms with E-state index in [4.69, 9.17) is 45.2 Å². The summed E-state index contributed by atoms with van der Waals surface area (Å²) < 4.78 is 69.4. The number of nitrogens with zero attached hydrogens (tertiary/aromatic N) is 15. The molecule has 0 bridgehead atoms. The van der Waals surface area contributed by atoms with Crippen LogP contribution in [0.15, 0.2) is 49.6 Å². The molecule has 0 aromatic carbocycles. The molecule has 11 rings (SSSR count). The normalized spacial score (nSPS) is 22.9. The van der Waals surface area contributed by atoms with Crippen LogP contribution in [0.2, 0.25) is 9.62 Å². The van der Waals surface area contributed by atoms with E-state index < -0.39 is 29.5 Å². The number of nitrogens with one attached hydrogen (secondary N) is 1. The van der Waals surface area contributed by atoms with Gasteiger partial charge in [0.1, 0.15) is 75.1 Å². The molecule has 11 heterocycles. The van der Waals surface area contributed by atoms with E-state index in [-0.39, 0.29) is 17.8 Å². The van der Waals surface area contributed by atoms with Gasteiger partial charge in [0.05, 0.1) is 46.9 Å². The molecular weight excluding hydrogens is 1120 g/mol. The van der Waals surface area contributed by atoms with Crippen LogP contribution in [0, 0.1) is 22.7 Å². The zero-order valence-electron chi connectivity index (χ0n) is 41.5. The smallest absolute Gasteiger partial charge is 0.189 e. The van der Waals surface area contributed by atoms with Gasteiger partial charge in [0.2, 0.25) is 0 Å². The molecule has 6 fully saturated rings. The predicted molar refractivity (Wildman–Crippen MR) is 296 cm³/mol. The maximum Gasteiger partial charge on any atom is 0.189 e. The molecule has 3 unspecified atom stereocenters. The summed E-state index contributed by atoms with van der Waals surface area (Å²) in [5, 5.41) is 21.2. The van der Waals surface area contributed by atoms with Crippen LogP contribution in [-0.4, -0.2) is 198 Å². The fourth-order valence-electron chi connectivity index (χ4n) is 9.37. The van der Waals surface area contributed by atoms with Crippen molar-refractivity contribution in [2.45, 2.75) is 56.7 Å². The van der Waals surface area contributed by atoms with Gasteiger partial charge in [-0.1, -0.05) is 52.3 Å². The van der Waals surface area contributed by atoms with Gasteiger partial charge >= 0.3 is 0 Å². The van der Waals surface area contributed by atoms with Crippen LogP contribution in [0.5, 0.6) is 0 Å². The van der Waals surface area contributed by atoms with Crippen molar-refractivity contribution < 1.29 is 25.3 Å². The number of nitriles is 2. The zero-order chi connectivity index (χ0) is 54.3. The van der Waals surface area contributed by atoms with E-state index in [1.54, 1.807) is 6.07 Å². The highest BCUT2D eigenvalue weighted by Gasteiger charge is 2.36. The number of hydrogen-bond acceptors (Lipinski definition) is 26. The minimum atomic E-state index is -2.86. The van der Waals surface area contributed by atoms with E-state index in [1.807, 2.05) is 12.1 Å². The molecule has 0 aliphatic carbocycles. The highest BCUT2D eigenvalue weighted by molar-refractivity contribution is 7.92. The first-order chi connectivity index (χ1) is 36.3. The molecule has 0 amide bonds. The van der Waals surface area contributed by atoms with Gasteiger partial charge in [0.15, 0.2) is 39.1 Å². The number of rotatable bonds is 7. The Hall–Kier alpha value is -5.21. The Morgan fingerprint density at radius 3 is 1.38 bits per heavy atom. The molecule has 6 saturated heterocycles. The van der Waals surface area contributed by atoms with Gasteiger partial charge in [-0.05, 0) is 45.2 Å². The highest BCUT2D eigenvalue weighted by atomic mass is 35.5. The number of nitrogen functional groups attached to an aromatic ring is 2. The Kier molecular flexibility index (Phi) is 21.1. The Morgan fingerprint density at radius 1 is 0.539 bits per heavy atom. The van der Waals surface area contributed by atoms with Crippen LogP contribution in [0.4, 0.5) is 34.2 Å². The number of halogens is 2. The molecule has 410 valence electrons. The van der Waals surface area contributed by atoms with Crippen molar-refractivity contribution in [3.8, 4) is 12.1 Å². The second-order valence-electron chi connectivity index (χ2n) is 18.5. The van der Waals surface area contributed by atoms with Gasteiger partial charge < -0.3 is 26.6 Å². The largest absolute Gasteiger partial charge is 0.384 e. The summed E-state index contributed by atoms with van der Waals surface area (Å²) in [4.78, 5) is 44.1. The van der Waals surface area contributed by atoms with Gasteiger partial charge in [-0.2, -0.15) is 10.5 Å². The fraction of sp³-hybridized carbons (Fsp3) is 0.556. The lowest BCUT2D eigenvalue weighted by Gasteiger charge is -2.38. The molecular formula is C45H60Cl2N18O6S5. The minimum Gasteiger partial charge on any atom is -0.384 e. The van der Waals surface area contributed by atoms with Crippen LogP contribution in [0.3, 0.4) is 0 Å². The summed E-state index contributed by atoms with van der Waals surface area (Å²) >= 11 is 13.3. The molecule has 31 heteroatoms. The van der Waals surface area contributed by atoms with Gasteiger partial charge in [-0.15, -0.1) is 0 Å². The quantitative estimate of drug-likeness (QED) is 0.197. The number of hydrogen-bond donors (Lipinski definition) is 3. The number of piperazine rings is 2. The second kappa shape index (κ2) is 27.4. The van der Waals surface area contributed by atoms with Crippen molar-refractivity contribution >= 4 is 110 Å². The van der Waals surface area contributed by atoms with Crippen LogP contribution < -0.4 is 26.6 Å². The number of anilines is 6. The van der Waals surface area contributed by atoms with Crippen molar-refractivity contribution in [2.75, 3.05) is 127 Å². The molecule has 24 nitrogen and oxygen atoms in total. The van der Waals surface area contributed by atoms with Crippen LogP contribution >= 0.6 is 45.9 Å².